The quantitative estimate of drug-likeness (QED) is 0.583. The van der Waals surface area contributed by atoms with Gasteiger partial charge >= 0.3 is 6.16 Å². The Kier molecular flexibility index (Phi) is 9.87. The Hall–Kier alpha value is -1.36. The van der Waals surface area contributed by atoms with Gasteiger partial charge in [0.05, 0.1) is 13.8 Å². The predicted molar refractivity (Wildman–Crippen MR) is 61.0 cm³/mol. The Morgan fingerprint density at radius 1 is 1.67 bits per heavy atom. The maximum atomic E-state index is 9.15. The summed E-state index contributed by atoms with van der Waals surface area (Å²) in [5.74, 6) is 0. The maximum Gasteiger partial charge on any atom is 0.505 e. The Morgan fingerprint density at radius 3 is 2.47 bits per heavy atom. The molecule has 0 radical (unpaired) electrons. The topological polar surface area (TPSA) is 53.0 Å². The van der Waals surface area contributed by atoms with Gasteiger partial charge in [-0.1, -0.05) is 6.08 Å². The monoisotopic (exact) mass is 236 g/mol. The largest absolute Gasteiger partial charge is 0.505 e. The number of carboxylic acid groups (broad SMARTS) is 1. The normalized spacial score (nSPS) is 12.4. The molecule has 0 spiro atoms. The van der Waals surface area contributed by atoms with Crippen molar-refractivity contribution in [1.29, 1.82) is 0 Å². The summed E-state index contributed by atoms with van der Waals surface area (Å²) < 4.78 is 3.67. The minimum absolute atomic E-state index is 0. The predicted octanol–water partition coefficient (Wildman–Crippen LogP) is 1.58. The maximum absolute atomic E-state index is 9.15. The van der Waals surface area contributed by atoms with Crippen LogP contribution in [0, 0.1) is 0 Å². The highest BCUT2D eigenvalue weighted by Gasteiger charge is 2.04. The summed E-state index contributed by atoms with van der Waals surface area (Å²) in [5, 5.41) is 7.50. The molecule has 1 aliphatic rings. The number of hydrogen-bond donors (Lipinski definition) is 1. The number of halogens is 1. The zero-order valence-electron chi connectivity index (χ0n) is 8.92. The molecule has 0 saturated carbocycles. The lowest BCUT2D eigenvalue weighted by Crippen LogP contribution is -2.21. The van der Waals surface area contributed by atoms with E-state index in [1.54, 1.807) is 0 Å². The minimum Gasteiger partial charge on any atom is -0.450 e. The Balaban J connectivity index is 0. The number of nitrogens with zero attached hydrogens (tertiary/aromatic N) is 2. The molecule has 1 heterocycles. The summed E-state index contributed by atoms with van der Waals surface area (Å²) in [4.78, 5) is 13.5. The first-order valence-corrected chi connectivity index (χ1v) is 4.10. The molecular weight excluding hydrogens is 220 g/mol. The van der Waals surface area contributed by atoms with Crippen LogP contribution in [0.25, 0.3) is 0 Å². The first-order chi connectivity index (χ1) is 6.60. The summed E-state index contributed by atoms with van der Waals surface area (Å²) in [6.45, 7) is 5.59. The molecule has 1 aliphatic heterocycles. The smallest absolute Gasteiger partial charge is 0.450 e. The third-order valence-electron chi connectivity index (χ3n) is 1.47. The average molecular weight is 237 g/mol. The number of rotatable bonds is 2. The van der Waals surface area contributed by atoms with Crippen molar-refractivity contribution >= 4 is 18.6 Å². The average Bonchev–Trinajstić information content (AvgIpc) is 2.53. The van der Waals surface area contributed by atoms with Crippen LogP contribution in [-0.2, 0) is 4.74 Å². The summed E-state index contributed by atoms with van der Waals surface area (Å²) in [7, 11) is 3.15. The third kappa shape index (κ3) is 8.96. The van der Waals surface area contributed by atoms with Crippen molar-refractivity contribution in [2.45, 2.75) is 0 Å². The van der Waals surface area contributed by atoms with E-state index in [2.05, 4.69) is 40.6 Å². The molecule has 1 N–H and O–H groups in total. The van der Waals surface area contributed by atoms with Crippen LogP contribution in [0.3, 0.4) is 0 Å². The van der Waals surface area contributed by atoms with Crippen molar-refractivity contribution in [2.75, 3.05) is 27.4 Å². The van der Waals surface area contributed by atoms with Gasteiger partial charge in [0, 0.05) is 26.0 Å². The van der Waals surface area contributed by atoms with Crippen molar-refractivity contribution in [2.24, 2.45) is 0 Å². The summed E-state index contributed by atoms with van der Waals surface area (Å²) >= 11 is 0. The zero-order chi connectivity index (χ0) is 11.0. The van der Waals surface area contributed by atoms with Gasteiger partial charge in [0.15, 0.2) is 0 Å². The van der Waals surface area contributed by atoms with E-state index in [-0.39, 0.29) is 12.4 Å². The summed E-state index contributed by atoms with van der Waals surface area (Å²) in [5.41, 5.74) is 0. The second-order valence-corrected chi connectivity index (χ2v) is 2.73. The second kappa shape index (κ2) is 9.21. The third-order valence-corrected chi connectivity index (χ3v) is 1.47. The van der Waals surface area contributed by atoms with Gasteiger partial charge in [0.25, 0.3) is 0 Å². The molecule has 0 fully saturated rings. The van der Waals surface area contributed by atoms with Crippen LogP contribution in [0.1, 0.15) is 0 Å². The van der Waals surface area contributed by atoms with Crippen LogP contribution in [0.2, 0.25) is 0 Å². The Morgan fingerprint density at radius 2 is 2.20 bits per heavy atom. The van der Waals surface area contributed by atoms with E-state index in [0.29, 0.717) is 0 Å². The molecule has 0 atom stereocenters. The van der Waals surface area contributed by atoms with Crippen molar-refractivity contribution in [3.05, 3.63) is 25.1 Å². The fourth-order valence-electron chi connectivity index (χ4n) is 0.873. The van der Waals surface area contributed by atoms with Crippen LogP contribution in [-0.4, -0.2) is 48.4 Å². The minimum atomic E-state index is -1.25. The van der Waals surface area contributed by atoms with Crippen molar-refractivity contribution in [3.8, 4) is 0 Å². The lowest BCUT2D eigenvalue weighted by molar-refractivity contribution is 0.114. The molecular formula is C9H17ClN2O3. The van der Waals surface area contributed by atoms with Crippen molar-refractivity contribution < 1.29 is 14.6 Å². The van der Waals surface area contributed by atoms with Gasteiger partial charge in [0.1, 0.15) is 0 Å². The van der Waals surface area contributed by atoms with Crippen molar-refractivity contribution in [3.63, 3.8) is 0 Å². The van der Waals surface area contributed by atoms with Gasteiger partial charge < -0.3 is 19.6 Å². The molecule has 0 amide bonds. The molecule has 1 rings (SSSR count). The molecule has 0 aromatic rings. The lowest BCUT2D eigenvalue weighted by atomic mass is 10.6. The molecule has 0 unspecified atom stereocenters. The number of carbonyl (C=O) groups is 1. The summed E-state index contributed by atoms with van der Waals surface area (Å²) in [6.07, 6.45) is 4.79. The van der Waals surface area contributed by atoms with Gasteiger partial charge in [-0.15, -0.1) is 19.0 Å². The highest BCUT2D eigenvalue weighted by molar-refractivity contribution is 5.85. The lowest BCUT2D eigenvalue weighted by Gasteiger charge is -2.15. The van der Waals surface area contributed by atoms with E-state index in [1.165, 1.54) is 0 Å². The first kappa shape index (κ1) is 16.1. The molecule has 0 aliphatic carbocycles. The van der Waals surface area contributed by atoms with Crippen LogP contribution >= 0.6 is 12.4 Å². The van der Waals surface area contributed by atoms with Crippen LogP contribution in [0.15, 0.2) is 25.1 Å². The second-order valence-electron chi connectivity index (χ2n) is 2.73. The number of ether oxygens (including phenoxy) is 1. The molecule has 5 nitrogen and oxygen atoms in total. The van der Waals surface area contributed by atoms with Gasteiger partial charge in [-0.3, -0.25) is 0 Å². The SMILES string of the molecule is C=CCN1C=CN(C)C1.COC(=O)O.Cl. The molecule has 88 valence electrons. The van der Waals surface area contributed by atoms with Crippen LogP contribution < -0.4 is 0 Å². The van der Waals surface area contributed by atoms with Gasteiger partial charge in [-0.25, -0.2) is 4.79 Å². The summed E-state index contributed by atoms with van der Waals surface area (Å²) in [6, 6.07) is 0. The van der Waals surface area contributed by atoms with E-state index in [9.17, 15) is 0 Å². The molecule has 15 heavy (non-hydrogen) atoms. The van der Waals surface area contributed by atoms with E-state index >= 15 is 0 Å². The number of hydrogen-bond acceptors (Lipinski definition) is 4. The van der Waals surface area contributed by atoms with Crippen LogP contribution in [0.4, 0.5) is 4.79 Å². The molecule has 0 aromatic heterocycles. The highest BCUT2D eigenvalue weighted by Crippen LogP contribution is 2.01. The van der Waals surface area contributed by atoms with E-state index in [1.807, 2.05) is 6.08 Å². The molecule has 6 heteroatoms. The zero-order valence-corrected chi connectivity index (χ0v) is 9.74. The van der Waals surface area contributed by atoms with Crippen molar-refractivity contribution in [1.82, 2.24) is 9.80 Å². The van der Waals surface area contributed by atoms with Gasteiger partial charge in [-0.05, 0) is 0 Å². The van der Waals surface area contributed by atoms with Crippen LogP contribution in [0.5, 0.6) is 0 Å². The van der Waals surface area contributed by atoms with Gasteiger partial charge in [-0.2, -0.15) is 0 Å². The fraction of sp³-hybridized carbons (Fsp3) is 0.444. The van der Waals surface area contributed by atoms with E-state index < -0.39 is 6.16 Å². The van der Waals surface area contributed by atoms with E-state index in [4.69, 9.17) is 9.90 Å². The molecule has 0 bridgehead atoms. The number of methoxy groups -OCH3 is 1. The highest BCUT2D eigenvalue weighted by atomic mass is 35.5. The van der Waals surface area contributed by atoms with E-state index in [0.717, 1.165) is 20.3 Å². The molecule has 0 saturated heterocycles. The first-order valence-electron chi connectivity index (χ1n) is 4.10. The standard InChI is InChI=1S/C7H12N2.C2H4O3.ClH/c1-3-4-9-6-5-8(2)7-9;1-5-2(3)4;/h3,5-6H,1,4,7H2,2H3;1H3,(H,3,4);1H. The molecule has 0 aromatic carbocycles. The Bertz CT molecular complexity index is 221. The fourth-order valence-corrected chi connectivity index (χ4v) is 0.873. The Labute approximate surface area is 96.0 Å². The van der Waals surface area contributed by atoms with Gasteiger partial charge in [0.2, 0.25) is 0 Å².